The molecule has 0 bridgehead atoms. The van der Waals surface area contributed by atoms with Crippen LogP contribution in [0.5, 0.6) is 0 Å². The minimum atomic E-state index is -3.95. The maximum Gasteiger partial charge on any atom is 0.490 e. The van der Waals surface area contributed by atoms with Gasteiger partial charge in [-0.2, -0.15) is 0 Å². The molecule has 0 saturated carbocycles. The van der Waals surface area contributed by atoms with Crippen LogP contribution in [-0.2, 0) is 30.1 Å². The van der Waals surface area contributed by atoms with Crippen molar-refractivity contribution in [3.05, 3.63) is 341 Å². The van der Waals surface area contributed by atoms with Crippen LogP contribution in [-0.4, -0.2) is 96.4 Å². The number of nitrogens with one attached hydrogen (secondary N) is 1. The van der Waals surface area contributed by atoms with E-state index in [4.69, 9.17) is 66.5 Å². The summed E-state index contributed by atoms with van der Waals surface area (Å²) >= 11 is 37.6. The third-order valence-electron chi connectivity index (χ3n) is 19.1. The van der Waals surface area contributed by atoms with E-state index in [2.05, 4.69) is 104 Å². The summed E-state index contributed by atoms with van der Waals surface area (Å²) in [5.74, 6) is -2.23. The van der Waals surface area contributed by atoms with E-state index in [0.717, 1.165) is 92.7 Å². The lowest BCUT2D eigenvalue weighted by Gasteiger charge is -2.07. The van der Waals surface area contributed by atoms with Crippen LogP contribution >= 0.6 is 135 Å². The van der Waals surface area contributed by atoms with Crippen molar-refractivity contribution in [3.63, 3.8) is 0 Å². The molecule has 0 aliphatic carbocycles. The van der Waals surface area contributed by atoms with Gasteiger partial charge in [0.2, 0.25) is 0 Å². The number of hydrogen-bond acceptors (Lipinski definition) is 17. The molecule has 636 valence electrons. The lowest BCUT2D eigenvalue weighted by molar-refractivity contribution is 0.424. The molecular weight excluding hydrogens is 2050 g/mol. The van der Waals surface area contributed by atoms with Gasteiger partial charge in [0.15, 0.2) is 16.9 Å². The van der Waals surface area contributed by atoms with Crippen molar-refractivity contribution < 1.29 is 62.9 Å². The van der Waals surface area contributed by atoms with Crippen LogP contribution in [0.2, 0.25) is 20.1 Å². The van der Waals surface area contributed by atoms with Gasteiger partial charge in [-0.3, -0.25) is 0 Å². The summed E-state index contributed by atoms with van der Waals surface area (Å²) in [4.78, 5) is 24.7. The number of hydrogen-bond donors (Lipinski definition) is 5. The van der Waals surface area contributed by atoms with E-state index in [-0.39, 0.29) is 51.5 Å². The lowest BCUT2D eigenvalue weighted by Crippen LogP contribution is -2.31. The number of thiophene rings is 3. The molecule has 5 N–H and O–H groups in total. The fraction of sp³-hybridized carbons (Fsp3) is 0.0682. The molecule has 37 heteroatoms. The summed E-state index contributed by atoms with van der Waals surface area (Å²) in [5, 5.41) is 42.9. The molecule has 0 radical (unpaired) electrons. The van der Waals surface area contributed by atoms with Gasteiger partial charge in [0.1, 0.15) is 28.9 Å². The maximum absolute atomic E-state index is 14.3. The Morgan fingerprint density at radius 1 is 0.392 bits per heavy atom. The number of rotatable bonds is 13. The van der Waals surface area contributed by atoms with Crippen LogP contribution in [0.1, 0.15) is 31.3 Å². The summed E-state index contributed by atoms with van der Waals surface area (Å²) in [5.41, 5.74) is 12.4. The molecule has 0 spiro atoms. The van der Waals surface area contributed by atoms with Crippen molar-refractivity contribution in [2.24, 2.45) is 0 Å². The van der Waals surface area contributed by atoms with Gasteiger partial charge in [-0.25, -0.2) is 74.7 Å². The predicted octanol–water partition coefficient (Wildman–Crippen LogP) is 22.8. The van der Waals surface area contributed by atoms with Gasteiger partial charge in [0.05, 0.1) is 34.8 Å². The second-order valence-corrected chi connectivity index (χ2v) is 41.2. The average molecular weight is 2110 g/mol. The molecule has 0 amide bonds. The fourth-order valence-electron chi connectivity index (χ4n) is 12.8. The zero-order chi connectivity index (χ0) is 89.8. The monoisotopic (exact) mass is 2110 g/mol. The predicted molar refractivity (Wildman–Crippen MR) is 512 cm³/mol. The van der Waals surface area contributed by atoms with E-state index in [1.165, 1.54) is 75.2 Å². The van der Waals surface area contributed by atoms with E-state index in [9.17, 15) is 42.8 Å². The highest BCUT2D eigenvalue weighted by Crippen LogP contribution is 2.43. The number of nitrogens with zero attached hydrogens (tertiary/aromatic N) is 7. The van der Waals surface area contributed by atoms with Crippen LogP contribution in [0.15, 0.2) is 277 Å². The molecule has 18 rings (SSSR count). The molecular formula is C88H65B2Br2Cl4F4IN8O10S6. The Hall–Kier alpha value is -9.21. The quantitative estimate of drug-likeness (QED) is 0.0408. The van der Waals surface area contributed by atoms with Gasteiger partial charge in [-0.05, 0) is 232 Å². The van der Waals surface area contributed by atoms with Gasteiger partial charge < -0.3 is 25.1 Å². The normalized spacial score (nSPS) is 11.4. The standard InChI is InChI=1S/C25H18ClFN2O2S2.C20H13BrClFN2O2S.C18H12ClFN2S.C14H10BrIN2O2S.C6H5BClFO2.C5H7BO2S/c1-15-6-8-19(9-7-15)33(30,31)29-13-22(20-4-3-5-23(27)24(20)26)21-11-17(12-28-25(21)29)18-10-16(2)32-14-18;1-12-5-7-14(8-6-12)28(26,27)25-11-17(15-3-2-4-18(23)19(15)22)16-9-13(21)10-24-20(16)25;1-10-5-12(9-23-10)11-6-14-15(8-22-18(14)21-7-11)13-3-2-4-16(20)17(13)19;1-9-2-4-11(5-3-9)21(19,20)18-8-13(16)12-6-10(15)7-17-14(12)18;8-6-4(7(10)11)2-1-3-5(6)9;1-4-2-5(3-9-4)6(7)8/h3-14H,1-2H3;2-11H,1H3;2-9H,1H3,(H,21,22);2-8H,1H3;1-3,10-11H;2-3,7-8H,1H3. The second kappa shape index (κ2) is 39.6. The highest BCUT2D eigenvalue weighted by molar-refractivity contribution is 14.1. The summed E-state index contributed by atoms with van der Waals surface area (Å²) in [7, 11) is -14.5. The van der Waals surface area contributed by atoms with Crippen LogP contribution < -0.4 is 10.9 Å². The highest BCUT2D eigenvalue weighted by Gasteiger charge is 2.29. The van der Waals surface area contributed by atoms with Crippen LogP contribution in [0.25, 0.3) is 99.8 Å². The first-order chi connectivity index (χ1) is 59.4. The average Bonchev–Trinajstić information content (AvgIpc) is 1.60. The van der Waals surface area contributed by atoms with Gasteiger partial charge in [0.25, 0.3) is 30.1 Å². The van der Waals surface area contributed by atoms with Crippen LogP contribution in [0.3, 0.4) is 0 Å². The van der Waals surface area contributed by atoms with Crippen molar-refractivity contribution in [3.8, 4) is 55.6 Å². The molecule has 0 atom stereocenters. The van der Waals surface area contributed by atoms with Gasteiger partial charge in [-0.15, -0.1) is 34.0 Å². The van der Waals surface area contributed by atoms with Crippen molar-refractivity contribution in [1.82, 2.24) is 36.8 Å². The molecule has 0 saturated heterocycles. The number of aromatic nitrogens is 8. The smallest absolute Gasteiger partial charge is 0.423 e. The third kappa shape index (κ3) is 20.8. The summed E-state index contributed by atoms with van der Waals surface area (Å²) in [6, 6.07) is 51.0. The van der Waals surface area contributed by atoms with E-state index >= 15 is 0 Å². The fourth-order valence-corrected chi connectivity index (χ4v) is 21.3. The van der Waals surface area contributed by atoms with Crippen molar-refractivity contribution in [2.45, 2.75) is 56.2 Å². The number of fused-ring (bicyclic) bond motifs is 4. The summed E-state index contributed by atoms with van der Waals surface area (Å²) in [6.45, 7) is 11.7. The molecule has 125 heavy (non-hydrogen) atoms. The Labute approximate surface area is 779 Å². The SMILES string of the molecule is Cc1cc(-c2cnc3[nH]cc(-c4cccc(F)c4Cl)c3c2)cs1.Cc1cc(B(O)O)cs1.Cc1ccc(S(=O)(=O)n2cc(-c3cccc(F)c3Cl)c3cc(-c4csc(C)c4)cnc32)cc1.Cc1ccc(S(=O)(=O)n2cc(-c3cccc(F)c3Cl)c3cc(Br)cnc32)cc1.Cc1ccc(S(=O)(=O)n2cc(I)c3cc(Br)cnc32)cc1.OB(O)c1cccc(F)c1Cl. The molecule has 11 heterocycles. The minimum Gasteiger partial charge on any atom is -0.423 e. The molecule has 18 aromatic rings. The molecule has 11 aromatic heterocycles. The van der Waals surface area contributed by atoms with E-state index < -0.39 is 67.6 Å². The minimum absolute atomic E-state index is 0.0216. The summed E-state index contributed by atoms with van der Waals surface area (Å²) < 4.78 is 140. The topological polar surface area (TPSA) is 265 Å². The van der Waals surface area contributed by atoms with E-state index in [0.29, 0.717) is 54.2 Å². The number of halogens is 11. The van der Waals surface area contributed by atoms with E-state index in [1.807, 2.05) is 76.7 Å². The molecule has 7 aromatic carbocycles. The molecule has 0 aliphatic heterocycles. The number of aryl methyl sites for hydroxylation is 6. The first-order valence-electron chi connectivity index (χ1n) is 37.0. The Kier molecular flexibility index (Phi) is 29.6. The summed E-state index contributed by atoms with van der Waals surface area (Å²) in [6.07, 6.45) is 12.9. The molecule has 0 fully saturated rings. The third-order valence-corrected chi connectivity index (χ3v) is 30.0. The Balaban J connectivity index is 0.000000134. The zero-order valence-electron chi connectivity index (χ0n) is 65.9. The first kappa shape index (κ1) is 93.4. The Morgan fingerprint density at radius 2 is 0.752 bits per heavy atom. The molecule has 0 aliphatic rings. The van der Waals surface area contributed by atoms with Crippen LogP contribution in [0, 0.1) is 68.4 Å². The van der Waals surface area contributed by atoms with Crippen LogP contribution in [0.4, 0.5) is 17.6 Å². The number of aromatic amines is 1. The van der Waals surface area contributed by atoms with E-state index in [1.54, 1.807) is 156 Å². The molecule has 18 nitrogen and oxygen atoms in total. The van der Waals surface area contributed by atoms with Gasteiger partial charge in [0, 0.05) is 148 Å². The second-order valence-electron chi connectivity index (χ2n) is 27.9. The van der Waals surface area contributed by atoms with Gasteiger partial charge >= 0.3 is 14.2 Å². The highest BCUT2D eigenvalue weighted by atomic mass is 127. The number of pyridine rings is 4. The lowest BCUT2D eigenvalue weighted by atomic mass is 9.80. The van der Waals surface area contributed by atoms with Crippen molar-refractivity contribution >= 4 is 234 Å². The maximum atomic E-state index is 14.3. The molecule has 0 unspecified atom stereocenters. The van der Waals surface area contributed by atoms with Gasteiger partial charge in [-0.1, -0.05) is 148 Å². The van der Waals surface area contributed by atoms with Crippen molar-refractivity contribution in [2.75, 3.05) is 0 Å². The largest absolute Gasteiger partial charge is 0.490 e. The zero-order valence-corrected chi connectivity index (χ0v) is 79.1. The number of benzene rings is 7. The Morgan fingerprint density at radius 3 is 1.14 bits per heavy atom. The van der Waals surface area contributed by atoms with Crippen molar-refractivity contribution in [1.29, 1.82) is 0 Å². The Bertz CT molecular complexity index is 7460. The first-order valence-corrected chi connectivity index (χ1v) is 48.1. The number of H-pyrrole nitrogens is 1.